The zero-order valence-corrected chi connectivity index (χ0v) is 22.7. The summed E-state index contributed by atoms with van der Waals surface area (Å²) >= 11 is 3.97. The van der Waals surface area contributed by atoms with Gasteiger partial charge in [0.1, 0.15) is 0 Å². The molecule has 0 radical (unpaired) electrons. The van der Waals surface area contributed by atoms with Gasteiger partial charge in [-0.25, -0.2) is 0 Å². The molecule has 0 aromatic rings. The Morgan fingerprint density at radius 2 is 1.39 bits per heavy atom. The first-order valence-electron chi connectivity index (χ1n) is 5.54. The molecule has 0 spiro atoms. The molecule has 2 N–H and O–H groups in total. The van der Waals surface area contributed by atoms with Gasteiger partial charge in [0.2, 0.25) is 0 Å². The van der Waals surface area contributed by atoms with Gasteiger partial charge in [0.15, 0.2) is 0 Å². The molecule has 1 saturated heterocycles. The van der Waals surface area contributed by atoms with Crippen LogP contribution in [0.2, 0.25) is 7.86 Å². The standard InChI is InChI=1S/C6H10OS.2C2H4O2.2Hg/c1-5-3-8-4-6(2)7-5;2*1-2(3)4;;/h5-6H,1-4H2;2*1H3,(H,3,4);;. The topological polar surface area (TPSA) is 83.8 Å². The Labute approximate surface area is 144 Å². The number of rotatable bonds is 2. The fraction of sp³-hybridized carbons (Fsp3) is 0.800. The van der Waals surface area contributed by atoms with Crippen molar-refractivity contribution in [3.8, 4) is 0 Å². The molecule has 2 unspecified atom stereocenters. The van der Waals surface area contributed by atoms with E-state index < -0.39 is 11.9 Å². The van der Waals surface area contributed by atoms with Crippen LogP contribution in [0, 0.1) is 0 Å². The normalized spacial score (nSPS) is 21.9. The van der Waals surface area contributed by atoms with Crippen molar-refractivity contribution in [3.63, 3.8) is 0 Å². The average Bonchev–Trinajstić information content (AvgIpc) is 2.27. The summed E-state index contributed by atoms with van der Waals surface area (Å²) in [4.78, 5) is 18.0. The number of carboxylic acid groups (broad SMARTS) is 2. The van der Waals surface area contributed by atoms with E-state index in [1.165, 1.54) is 19.4 Å². The fourth-order valence-corrected chi connectivity index (χ4v) is 7.08. The number of carboxylic acids is 2. The summed E-state index contributed by atoms with van der Waals surface area (Å²) in [5, 5.41) is 14.8. The maximum atomic E-state index is 9.00. The van der Waals surface area contributed by atoms with Gasteiger partial charge in [0, 0.05) is 13.8 Å². The molecule has 1 rings (SSSR count). The number of thioether (sulfide) groups is 1. The number of aliphatic carboxylic acids is 2. The molecular formula is C10H18Hg2O5S. The van der Waals surface area contributed by atoms with Crippen LogP contribution in [0.5, 0.6) is 0 Å². The zero-order chi connectivity index (χ0) is 14.6. The van der Waals surface area contributed by atoms with E-state index in [2.05, 4.69) is 11.8 Å². The van der Waals surface area contributed by atoms with E-state index in [1.807, 2.05) is 0 Å². The molecule has 98 valence electrons. The average molecular weight is 651 g/mol. The Bertz CT molecular complexity index is 210. The first kappa shape index (κ1) is 21.4. The van der Waals surface area contributed by atoms with Gasteiger partial charge < -0.3 is 10.2 Å². The van der Waals surface area contributed by atoms with Crippen LogP contribution in [0.3, 0.4) is 0 Å². The van der Waals surface area contributed by atoms with E-state index in [9.17, 15) is 0 Å². The molecule has 2 atom stereocenters. The van der Waals surface area contributed by atoms with Crippen molar-refractivity contribution in [1.29, 1.82) is 0 Å². The molecule has 0 saturated carbocycles. The summed E-state index contributed by atoms with van der Waals surface area (Å²) in [5.41, 5.74) is 0. The van der Waals surface area contributed by atoms with Crippen molar-refractivity contribution in [2.75, 3.05) is 11.5 Å². The monoisotopic (exact) mass is 654 g/mol. The minimum atomic E-state index is -0.833. The van der Waals surface area contributed by atoms with Crippen LogP contribution in [-0.4, -0.2) is 45.9 Å². The second-order valence-corrected chi connectivity index (χ2v) is 9.10. The third-order valence-corrected chi connectivity index (χ3v) is 7.86. The molecule has 0 bridgehead atoms. The first-order valence-corrected chi connectivity index (χ1v) is 14.5. The minimum absolute atomic E-state index is 0.649. The van der Waals surface area contributed by atoms with Crippen molar-refractivity contribution in [3.05, 3.63) is 0 Å². The molecule has 0 aromatic carbocycles. The van der Waals surface area contributed by atoms with Gasteiger partial charge in [-0.2, -0.15) is 0 Å². The van der Waals surface area contributed by atoms with E-state index >= 15 is 0 Å². The summed E-state index contributed by atoms with van der Waals surface area (Å²) in [6.07, 6.45) is 1.30. The molecular weight excluding hydrogens is 633 g/mol. The van der Waals surface area contributed by atoms with Gasteiger partial charge in [-0.05, 0) is 0 Å². The molecule has 18 heavy (non-hydrogen) atoms. The van der Waals surface area contributed by atoms with Crippen LogP contribution < -0.4 is 0 Å². The summed E-state index contributed by atoms with van der Waals surface area (Å²) in [6, 6.07) is 0. The Kier molecular flexibility index (Phi) is 17.3. The molecule has 8 heteroatoms. The number of hydrogen-bond donors (Lipinski definition) is 2. The summed E-state index contributed by atoms with van der Waals surface area (Å²) in [7, 11) is 0. The van der Waals surface area contributed by atoms with Gasteiger partial charge in [0.25, 0.3) is 11.9 Å². The molecule has 1 heterocycles. The number of ether oxygens (including phenoxy) is 1. The van der Waals surface area contributed by atoms with Gasteiger partial charge in [-0.1, -0.05) is 0 Å². The molecule has 1 fully saturated rings. The van der Waals surface area contributed by atoms with Crippen LogP contribution in [0.15, 0.2) is 0 Å². The number of carbonyl (C=O) groups is 2. The van der Waals surface area contributed by atoms with Crippen molar-refractivity contribution in [2.24, 2.45) is 0 Å². The van der Waals surface area contributed by atoms with E-state index in [0.717, 1.165) is 66.1 Å². The molecule has 1 aliphatic heterocycles. The maximum absolute atomic E-state index is 9.00. The molecule has 0 amide bonds. The van der Waals surface area contributed by atoms with Crippen molar-refractivity contribution in [2.45, 2.75) is 33.9 Å². The van der Waals surface area contributed by atoms with Crippen LogP contribution >= 0.6 is 11.8 Å². The van der Waals surface area contributed by atoms with Gasteiger partial charge >= 0.3 is 100 Å². The van der Waals surface area contributed by atoms with Gasteiger partial charge in [0.05, 0.1) is 0 Å². The third-order valence-electron chi connectivity index (χ3n) is 1.64. The molecule has 5 nitrogen and oxygen atoms in total. The molecule has 0 aromatic heterocycles. The van der Waals surface area contributed by atoms with Crippen molar-refractivity contribution >= 4 is 23.7 Å². The van der Waals surface area contributed by atoms with E-state index in [1.54, 1.807) is 0 Å². The summed E-state index contributed by atoms with van der Waals surface area (Å²) in [6.45, 7) is 2.17. The van der Waals surface area contributed by atoms with E-state index in [0.29, 0.717) is 12.2 Å². The van der Waals surface area contributed by atoms with E-state index in [4.69, 9.17) is 24.5 Å². The van der Waals surface area contributed by atoms with Gasteiger partial charge in [-0.15, -0.1) is 0 Å². The van der Waals surface area contributed by atoms with Crippen LogP contribution in [0.25, 0.3) is 0 Å². The quantitative estimate of drug-likeness (QED) is 0.442. The Balaban J connectivity index is 0. The van der Waals surface area contributed by atoms with E-state index in [-0.39, 0.29) is 0 Å². The SMILES string of the molecule is CC(=O)O.CC(=O)O.[Hg][CH2]C1CSCC([CH2][Hg])O1. The molecule has 1 aliphatic rings. The van der Waals surface area contributed by atoms with Crippen LogP contribution in [0.4, 0.5) is 0 Å². The predicted octanol–water partition coefficient (Wildman–Crippen LogP) is 1.60. The van der Waals surface area contributed by atoms with Crippen molar-refractivity contribution in [1.82, 2.24) is 0 Å². The predicted molar refractivity (Wildman–Crippen MR) is 62.2 cm³/mol. The van der Waals surface area contributed by atoms with Crippen molar-refractivity contribution < 1.29 is 76.8 Å². The van der Waals surface area contributed by atoms with Crippen LogP contribution in [0.1, 0.15) is 13.8 Å². The molecule has 0 aliphatic carbocycles. The third kappa shape index (κ3) is 19.5. The number of hydrogen-bond acceptors (Lipinski definition) is 4. The van der Waals surface area contributed by atoms with Crippen LogP contribution in [-0.2, 0) is 66.6 Å². The Morgan fingerprint density at radius 3 is 1.61 bits per heavy atom. The Hall–Kier alpha value is 1.12. The summed E-state index contributed by atoms with van der Waals surface area (Å²) in [5.74, 6) is 0.877. The fourth-order valence-electron chi connectivity index (χ4n) is 0.984. The zero-order valence-electron chi connectivity index (χ0n) is 10.9. The Morgan fingerprint density at radius 1 is 1.11 bits per heavy atom. The first-order chi connectivity index (χ1) is 8.33. The second kappa shape index (κ2) is 14.5. The second-order valence-electron chi connectivity index (χ2n) is 3.53. The van der Waals surface area contributed by atoms with Gasteiger partial charge in [-0.3, -0.25) is 9.59 Å². The summed E-state index contributed by atoms with van der Waals surface area (Å²) < 4.78 is 8.63.